The van der Waals surface area contributed by atoms with Crippen molar-refractivity contribution in [3.63, 3.8) is 0 Å². The van der Waals surface area contributed by atoms with Gasteiger partial charge in [-0.2, -0.15) is 0 Å². The zero-order chi connectivity index (χ0) is 18.5. The van der Waals surface area contributed by atoms with Crippen molar-refractivity contribution in [3.8, 4) is 0 Å². The highest BCUT2D eigenvalue weighted by molar-refractivity contribution is 7.12. The van der Waals surface area contributed by atoms with Gasteiger partial charge in [-0.25, -0.2) is 0 Å². The van der Waals surface area contributed by atoms with Crippen LogP contribution in [-0.2, 0) is 6.54 Å². The Kier molecular flexibility index (Phi) is 5.71. The minimum absolute atomic E-state index is 0.225. The highest BCUT2D eigenvalue weighted by Crippen LogP contribution is 2.24. The first kappa shape index (κ1) is 18.2. The third kappa shape index (κ3) is 4.31. The molecule has 26 heavy (non-hydrogen) atoms. The summed E-state index contributed by atoms with van der Waals surface area (Å²) in [5.41, 5.74) is 3.02. The average Bonchev–Trinajstić information content (AvgIpc) is 3.17. The summed E-state index contributed by atoms with van der Waals surface area (Å²) in [5, 5.41) is 7.85. The summed E-state index contributed by atoms with van der Waals surface area (Å²) >= 11 is 7.50. The number of anilines is 1. The fraction of sp³-hybridized carbons (Fsp3) is 0.100. The molecular formula is C20H17ClN2O2S. The van der Waals surface area contributed by atoms with Gasteiger partial charge in [-0.3, -0.25) is 9.59 Å². The van der Waals surface area contributed by atoms with Crippen molar-refractivity contribution in [2.45, 2.75) is 13.5 Å². The number of carbonyl (C=O) groups excluding carboxylic acids is 2. The molecule has 0 aliphatic heterocycles. The van der Waals surface area contributed by atoms with E-state index in [0.29, 0.717) is 27.7 Å². The average molecular weight is 385 g/mol. The SMILES string of the molecule is Cc1ccccc1CNC(=O)c1ccc(Cl)c(NC(=O)c2cccs2)c1. The molecule has 0 aliphatic rings. The van der Waals surface area contributed by atoms with Gasteiger partial charge in [-0.1, -0.05) is 41.9 Å². The Bertz CT molecular complexity index is 939. The number of halogens is 1. The fourth-order valence-corrected chi connectivity index (χ4v) is 3.22. The van der Waals surface area contributed by atoms with Gasteiger partial charge in [0, 0.05) is 12.1 Å². The van der Waals surface area contributed by atoms with E-state index >= 15 is 0 Å². The summed E-state index contributed by atoms with van der Waals surface area (Å²) in [7, 11) is 0. The van der Waals surface area contributed by atoms with Gasteiger partial charge in [0.2, 0.25) is 0 Å². The minimum atomic E-state index is -0.251. The molecule has 2 amide bonds. The fourth-order valence-electron chi connectivity index (χ4n) is 2.44. The van der Waals surface area contributed by atoms with Crippen LogP contribution in [0, 0.1) is 6.92 Å². The molecule has 0 fully saturated rings. The highest BCUT2D eigenvalue weighted by atomic mass is 35.5. The maximum Gasteiger partial charge on any atom is 0.265 e. The first-order chi connectivity index (χ1) is 12.5. The molecule has 2 aromatic carbocycles. The Morgan fingerprint density at radius 2 is 1.85 bits per heavy atom. The molecule has 0 atom stereocenters. The summed E-state index contributed by atoms with van der Waals surface area (Å²) in [4.78, 5) is 25.2. The molecule has 3 aromatic rings. The van der Waals surface area contributed by atoms with E-state index in [-0.39, 0.29) is 11.8 Å². The number of hydrogen-bond donors (Lipinski definition) is 2. The largest absolute Gasteiger partial charge is 0.348 e. The molecule has 0 radical (unpaired) electrons. The predicted octanol–water partition coefficient (Wildman–Crippen LogP) is 4.89. The monoisotopic (exact) mass is 384 g/mol. The number of amides is 2. The lowest BCUT2D eigenvalue weighted by Crippen LogP contribution is -2.23. The van der Waals surface area contributed by atoms with Crippen molar-refractivity contribution in [2.24, 2.45) is 0 Å². The van der Waals surface area contributed by atoms with E-state index in [9.17, 15) is 9.59 Å². The first-order valence-corrected chi connectivity index (χ1v) is 9.27. The van der Waals surface area contributed by atoms with Gasteiger partial charge in [0.15, 0.2) is 0 Å². The zero-order valence-electron chi connectivity index (χ0n) is 14.1. The van der Waals surface area contributed by atoms with Crippen molar-refractivity contribution in [1.82, 2.24) is 5.32 Å². The molecular weight excluding hydrogens is 368 g/mol. The van der Waals surface area contributed by atoms with Gasteiger partial charge < -0.3 is 10.6 Å². The molecule has 0 saturated heterocycles. The van der Waals surface area contributed by atoms with Crippen LogP contribution in [0.15, 0.2) is 60.0 Å². The van der Waals surface area contributed by atoms with Gasteiger partial charge >= 0.3 is 0 Å². The van der Waals surface area contributed by atoms with Crippen LogP contribution in [0.1, 0.15) is 31.2 Å². The number of aryl methyl sites for hydroxylation is 1. The number of benzene rings is 2. The lowest BCUT2D eigenvalue weighted by Gasteiger charge is -2.10. The van der Waals surface area contributed by atoms with Crippen LogP contribution in [0.3, 0.4) is 0 Å². The normalized spacial score (nSPS) is 10.4. The van der Waals surface area contributed by atoms with E-state index < -0.39 is 0 Å². The lowest BCUT2D eigenvalue weighted by molar-refractivity contribution is 0.0949. The molecule has 6 heteroatoms. The zero-order valence-corrected chi connectivity index (χ0v) is 15.7. The molecule has 0 bridgehead atoms. The summed E-state index contributed by atoms with van der Waals surface area (Å²) < 4.78 is 0. The Hall–Kier alpha value is -2.63. The Morgan fingerprint density at radius 3 is 2.58 bits per heavy atom. The van der Waals surface area contributed by atoms with Crippen molar-refractivity contribution in [2.75, 3.05) is 5.32 Å². The minimum Gasteiger partial charge on any atom is -0.348 e. The van der Waals surface area contributed by atoms with E-state index in [1.807, 2.05) is 36.6 Å². The second kappa shape index (κ2) is 8.17. The summed E-state index contributed by atoms with van der Waals surface area (Å²) in [5.74, 6) is -0.476. The van der Waals surface area contributed by atoms with Crippen LogP contribution in [-0.4, -0.2) is 11.8 Å². The number of thiophene rings is 1. The smallest absolute Gasteiger partial charge is 0.265 e. The van der Waals surface area contributed by atoms with Crippen molar-refractivity contribution in [3.05, 3.63) is 86.6 Å². The second-order valence-electron chi connectivity index (χ2n) is 5.74. The second-order valence-corrected chi connectivity index (χ2v) is 7.09. The maximum atomic E-state index is 12.4. The van der Waals surface area contributed by atoms with Crippen LogP contribution in [0.4, 0.5) is 5.69 Å². The van der Waals surface area contributed by atoms with Crippen molar-refractivity contribution < 1.29 is 9.59 Å². The third-order valence-corrected chi connectivity index (χ3v) is 5.12. The number of carbonyl (C=O) groups is 2. The molecule has 4 nitrogen and oxygen atoms in total. The topological polar surface area (TPSA) is 58.2 Å². The van der Waals surface area contributed by atoms with Crippen LogP contribution in [0.25, 0.3) is 0 Å². The van der Waals surface area contributed by atoms with Crippen LogP contribution >= 0.6 is 22.9 Å². The molecule has 2 N–H and O–H groups in total. The van der Waals surface area contributed by atoms with Gasteiger partial charge in [0.1, 0.15) is 0 Å². The number of nitrogens with one attached hydrogen (secondary N) is 2. The van der Waals surface area contributed by atoms with Crippen LogP contribution in [0.2, 0.25) is 5.02 Å². The predicted molar refractivity (Wildman–Crippen MR) is 106 cm³/mol. The molecule has 1 aromatic heterocycles. The molecule has 132 valence electrons. The Morgan fingerprint density at radius 1 is 1.04 bits per heavy atom. The molecule has 0 spiro atoms. The molecule has 1 heterocycles. The first-order valence-electron chi connectivity index (χ1n) is 8.01. The molecule has 3 rings (SSSR count). The number of hydrogen-bond acceptors (Lipinski definition) is 3. The van der Waals surface area contributed by atoms with Crippen LogP contribution < -0.4 is 10.6 Å². The van der Waals surface area contributed by atoms with Gasteiger partial charge in [-0.15, -0.1) is 11.3 Å². The van der Waals surface area contributed by atoms with E-state index in [0.717, 1.165) is 11.1 Å². The van der Waals surface area contributed by atoms with Crippen molar-refractivity contribution in [1.29, 1.82) is 0 Å². The third-order valence-electron chi connectivity index (χ3n) is 3.92. The van der Waals surface area contributed by atoms with E-state index in [1.54, 1.807) is 30.3 Å². The van der Waals surface area contributed by atoms with Gasteiger partial charge in [0.05, 0.1) is 15.6 Å². The van der Waals surface area contributed by atoms with Gasteiger partial charge in [0.25, 0.3) is 11.8 Å². The standard InChI is InChI=1S/C20H17ClN2O2S/c1-13-5-2-3-6-15(13)12-22-19(24)14-8-9-16(21)17(11-14)23-20(25)18-7-4-10-26-18/h2-11H,12H2,1H3,(H,22,24)(H,23,25). The van der Waals surface area contributed by atoms with Crippen molar-refractivity contribution >= 4 is 40.4 Å². The quantitative estimate of drug-likeness (QED) is 0.657. The number of rotatable bonds is 5. The molecule has 0 aliphatic carbocycles. The Balaban J connectivity index is 1.71. The van der Waals surface area contributed by atoms with E-state index in [1.165, 1.54) is 11.3 Å². The lowest BCUT2D eigenvalue weighted by atomic mass is 10.1. The summed E-state index contributed by atoms with van der Waals surface area (Å²) in [6, 6.07) is 16.2. The molecule has 0 unspecified atom stereocenters. The Labute approximate surface area is 160 Å². The summed E-state index contributed by atoms with van der Waals surface area (Å²) in [6.45, 7) is 2.44. The van der Waals surface area contributed by atoms with E-state index in [2.05, 4.69) is 10.6 Å². The highest BCUT2D eigenvalue weighted by Gasteiger charge is 2.13. The van der Waals surface area contributed by atoms with Gasteiger partial charge in [-0.05, 0) is 47.7 Å². The summed E-state index contributed by atoms with van der Waals surface area (Å²) in [6.07, 6.45) is 0. The molecule has 0 saturated carbocycles. The van der Waals surface area contributed by atoms with E-state index in [4.69, 9.17) is 11.6 Å². The maximum absolute atomic E-state index is 12.4. The van der Waals surface area contributed by atoms with Crippen LogP contribution in [0.5, 0.6) is 0 Å².